The maximum Gasteiger partial charge on any atom is 0.234 e. The monoisotopic (exact) mass is 426 g/mol. The predicted octanol–water partition coefficient (Wildman–Crippen LogP) is 5.15. The van der Waals surface area contributed by atoms with Crippen molar-refractivity contribution in [3.05, 3.63) is 41.0 Å². The van der Waals surface area contributed by atoms with Gasteiger partial charge in [-0.1, -0.05) is 11.8 Å². The lowest BCUT2D eigenvalue weighted by molar-refractivity contribution is -0.113. The molecule has 0 saturated carbocycles. The molecular weight excluding hydrogens is 400 g/mol. The van der Waals surface area contributed by atoms with E-state index in [0.717, 1.165) is 41.5 Å². The molecule has 0 radical (unpaired) electrons. The molecule has 1 amide bonds. The Balaban J connectivity index is 1.42. The molecule has 2 aromatic heterocycles. The highest BCUT2D eigenvalue weighted by Gasteiger charge is 2.20. The fraction of sp³-hybridized carbons (Fsp3) is 0.409. The van der Waals surface area contributed by atoms with Crippen molar-refractivity contribution in [3.63, 3.8) is 0 Å². The van der Waals surface area contributed by atoms with Crippen LogP contribution in [0.1, 0.15) is 37.1 Å². The summed E-state index contributed by atoms with van der Waals surface area (Å²) in [6.45, 7) is 6.23. The Morgan fingerprint density at radius 3 is 2.66 bits per heavy atom. The number of thiophene rings is 1. The fourth-order valence-corrected chi connectivity index (χ4v) is 5.97. The third-order valence-corrected chi connectivity index (χ3v) is 7.53. The SMILES string of the molecule is CCN(CC)c1ccc(NC(=O)CSc2ncnc3sc4c(c23)CCCC4)cc1. The molecule has 0 fully saturated rings. The summed E-state index contributed by atoms with van der Waals surface area (Å²) in [7, 11) is 0. The molecule has 1 aliphatic rings. The topological polar surface area (TPSA) is 58.1 Å². The number of carbonyl (C=O) groups is 1. The molecule has 0 atom stereocenters. The zero-order chi connectivity index (χ0) is 20.2. The predicted molar refractivity (Wildman–Crippen MR) is 123 cm³/mol. The van der Waals surface area contributed by atoms with Crippen LogP contribution in [0.25, 0.3) is 10.2 Å². The summed E-state index contributed by atoms with van der Waals surface area (Å²) in [4.78, 5) is 26.2. The first kappa shape index (κ1) is 20.2. The Bertz CT molecular complexity index is 996. The molecule has 7 heteroatoms. The second-order valence-electron chi connectivity index (χ2n) is 7.13. The number of aromatic nitrogens is 2. The lowest BCUT2D eigenvalue weighted by Crippen LogP contribution is -2.21. The average Bonchev–Trinajstić information content (AvgIpc) is 3.13. The van der Waals surface area contributed by atoms with E-state index in [-0.39, 0.29) is 5.91 Å². The number of thioether (sulfide) groups is 1. The molecule has 2 heterocycles. The van der Waals surface area contributed by atoms with Gasteiger partial charge < -0.3 is 10.2 Å². The van der Waals surface area contributed by atoms with Crippen molar-refractivity contribution in [1.29, 1.82) is 0 Å². The number of hydrogen-bond acceptors (Lipinski definition) is 6. The van der Waals surface area contributed by atoms with Crippen molar-refractivity contribution in [1.82, 2.24) is 9.97 Å². The average molecular weight is 427 g/mol. The Morgan fingerprint density at radius 2 is 1.90 bits per heavy atom. The van der Waals surface area contributed by atoms with E-state index in [9.17, 15) is 4.79 Å². The van der Waals surface area contributed by atoms with Crippen LogP contribution >= 0.6 is 23.1 Å². The molecule has 0 saturated heterocycles. The number of rotatable bonds is 7. The number of nitrogens with zero attached hydrogens (tertiary/aromatic N) is 3. The van der Waals surface area contributed by atoms with Gasteiger partial charge in [-0.3, -0.25) is 4.79 Å². The van der Waals surface area contributed by atoms with Crippen molar-refractivity contribution in [2.75, 3.05) is 29.1 Å². The van der Waals surface area contributed by atoms with E-state index in [0.29, 0.717) is 5.75 Å². The smallest absolute Gasteiger partial charge is 0.234 e. The summed E-state index contributed by atoms with van der Waals surface area (Å²) in [5.74, 6) is 0.329. The largest absolute Gasteiger partial charge is 0.372 e. The molecule has 0 aliphatic heterocycles. The molecule has 1 aromatic carbocycles. The normalized spacial score (nSPS) is 13.3. The van der Waals surface area contributed by atoms with Crippen molar-refractivity contribution in [3.8, 4) is 0 Å². The number of aryl methyl sites for hydroxylation is 2. The Hall–Kier alpha value is -2.12. The molecule has 152 valence electrons. The standard InChI is InChI=1S/C22H26N4OS2/c1-3-26(4-2)16-11-9-15(10-12-16)25-19(27)13-28-21-20-17-7-5-6-8-18(17)29-22(20)24-14-23-21/h9-12,14H,3-8,13H2,1-2H3,(H,25,27). The molecule has 1 N–H and O–H groups in total. The zero-order valence-electron chi connectivity index (χ0n) is 16.9. The summed E-state index contributed by atoms with van der Waals surface area (Å²) >= 11 is 3.29. The van der Waals surface area contributed by atoms with Crippen LogP contribution in [0.2, 0.25) is 0 Å². The number of carbonyl (C=O) groups excluding carboxylic acids is 1. The molecule has 0 unspecified atom stereocenters. The van der Waals surface area contributed by atoms with Crippen LogP contribution in [-0.2, 0) is 17.6 Å². The Labute approximate surface area is 179 Å². The second-order valence-corrected chi connectivity index (χ2v) is 9.17. The van der Waals surface area contributed by atoms with E-state index in [2.05, 4.69) is 46.2 Å². The Morgan fingerprint density at radius 1 is 1.14 bits per heavy atom. The van der Waals surface area contributed by atoms with Gasteiger partial charge in [-0.25, -0.2) is 9.97 Å². The first-order valence-electron chi connectivity index (χ1n) is 10.2. The fourth-order valence-electron chi connectivity index (χ4n) is 3.85. The van der Waals surface area contributed by atoms with Gasteiger partial charge >= 0.3 is 0 Å². The second kappa shape index (κ2) is 9.13. The molecule has 3 aromatic rings. The summed E-state index contributed by atoms with van der Waals surface area (Å²) in [5.41, 5.74) is 3.41. The molecule has 0 bridgehead atoms. The van der Waals surface area contributed by atoms with Crippen molar-refractivity contribution in [2.45, 2.75) is 44.6 Å². The number of benzene rings is 1. The van der Waals surface area contributed by atoms with E-state index in [1.54, 1.807) is 17.7 Å². The highest BCUT2D eigenvalue weighted by Crippen LogP contribution is 2.39. The van der Waals surface area contributed by atoms with E-state index < -0.39 is 0 Å². The first-order chi connectivity index (χ1) is 14.2. The van der Waals surface area contributed by atoms with Gasteiger partial charge in [-0.2, -0.15) is 0 Å². The van der Waals surface area contributed by atoms with Crippen molar-refractivity contribution < 1.29 is 4.79 Å². The molecule has 5 nitrogen and oxygen atoms in total. The Kier molecular flexibility index (Phi) is 6.35. The highest BCUT2D eigenvalue weighted by atomic mass is 32.2. The maximum absolute atomic E-state index is 12.5. The molecule has 0 spiro atoms. The van der Waals surface area contributed by atoms with E-state index in [4.69, 9.17) is 0 Å². The number of hydrogen-bond donors (Lipinski definition) is 1. The van der Waals surface area contributed by atoms with Gasteiger partial charge in [0.2, 0.25) is 5.91 Å². The van der Waals surface area contributed by atoms with E-state index in [1.165, 1.54) is 46.1 Å². The number of anilines is 2. The third-order valence-electron chi connectivity index (χ3n) is 5.34. The van der Waals surface area contributed by atoms with Crippen molar-refractivity contribution >= 4 is 50.6 Å². The first-order valence-corrected chi connectivity index (χ1v) is 12.0. The van der Waals surface area contributed by atoms with Gasteiger partial charge in [0.15, 0.2) is 0 Å². The molecule has 1 aliphatic carbocycles. The van der Waals surface area contributed by atoms with Crippen LogP contribution < -0.4 is 10.2 Å². The van der Waals surface area contributed by atoms with Crippen LogP contribution in [-0.4, -0.2) is 34.7 Å². The zero-order valence-corrected chi connectivity index (χ0v) is 18.5. The van der Waals surface area contributed by atoms with Crippen LogP contribution in [0.15, 0.2) is 35.6 Å². The van der Waals surface area contributed by atoms with Gasteiger partial charge in [0, 0.05) is 34.7 Å². The minimum absolute atomic E-state index is 0.0125. The van der Waals surface area contributed by atoms with Crippen molar-refractivity contribution in [2.24, 2.45) is 0 Å². The molecular formula is C22H26N4OS2. The summed E-state index contributed by atoms with van der Waals surface area (Å²) in [5, 5.41) is 5.11. The number of nitrogens with one attached hydrogen (secondary N) is 1. The van der Waals surface area contributed by atoms with E-state index in [1.807, 2.05) is 12.1 Å². The van der Waals surface area contributed by atoms with Gasteiger partial charge in [0.1, 0.15) is 16.2 Å². The molecule has 4 rings (SSSR count). The van der Waals surface area contributed by atoms with Crippen LogP contribution in [0, 0.1) is 0 Å². The number of amides is 1. The van der Waals surface area contributed by atoms with Crippen LogP contribution in [0.4, 0.5) is 11.4 Å². The number of fused-ring (bicyclic) bond motifs is 3. The van der Waals surface area contributed by atoms with Gasteiger partial charge in [-0.05, 0) is 69.4 Å². The van der Waals surface area contributed by atoms with Gasteiger partial charge in [0.25, 0.3) is 0 Å². The summed E-state index contributed by atoms with van der Waals surface area (Å²) in [6, 6.07) is 8.05. The quantitative estimate of drug-likeness (QED) is 0.418. The van der Waals surface area contributed by atoms with Gasteiger partial charge in [-0.15, -0.1) is 11.3 Å². The highest BCUT2D eigenvalue weighted by molar-refractivity contribution is 8.00. The third kappa shape index (κ3) is 4.41. The lowest BCUT2D eigenvalue weighted by Gasteiger charge is -2.21. The molecule has 29 heavy (non-hydrogen) atoms. The van der Waals surface area contributed by atoms with Crippen LogP contribution in [0.5, 0.6) is 0 Å². The minimum Gasteiger partial charge on any atom is -0.372 e. The maximum atomic E-state index is 12.5. The lowest BCUT2D eigenvalue weighted by atomic mass is 9.97. The minimum atomic E-state index is -0.0125. The summed E-state index contributed by atoms with van der Waals surface area (Å²) < 4.78 is 0. The van der Waals surface area contributed by atoms with Crippen LogP contribution in [0.3, 0.4) is 0 Å². The summed E-state index contributed by atoms with van der Waals surface area (Å²) in [6.07, 6.45) is 6.34. The van der Waals surface area contributed by atoms with Gasteiger partial charge in [0.05, 0.1) is 5.75 Å². The van der Waals surface area contributed by atoms with E-state index >= 15 is 0 Å².